The predicted octanol–water partition coefficient (Wildman–Crippen LogP) is 2.04. The largest absolute Gasteiger partial charge is 0.507 e. The minimum atomic E-state index is -0.764. The lowest BCUT2D eigenvalue weighted by atomic mass is 9.95. The van der Waals surface area contributed by atoms with Gasteiger partial charge in [0, 0.05) is 44.8 Å². The molecular weight excluding hydrogens is 450 g/mol. The number of piperazine rings is 1. The first-order valence-electron chi connectivity index (χ1n) is 11.6. The topological polar surface area (TPSA) is 101 Å². The van der Waals surface area contributed by atoms with Crippen molar-refractivity contribution in [2.75, 3.05) is 60.6 Å². The van der Waals surface area contributed by atoms with E-state index >= 15 is 0 Å². The number of carbonyl (C=O) groups excluding carboxylic acids is 2. The third kappa shape index (κ3) is 4.96. The van der Waals surface area contributed by atoms with Gasteiger partial charge in [-0.1, -0.05) is 6.07 Å². The van der Waals surface area contributed by atoms with Crippen LogP contribution < -0.4 is 19.5 Å². The predicted molar refractivity (Wildman–Crippen MR) is 131 cm³/mol. The number of amides is 1. The molecule has 2 aliphatic heterocycles. The average Bonchev–Trinajstić information content (AvgIpc) is 3.16. The zero-order chi connectivity index (χ0) is 24.9. The van der Waals surface area contributed by atoms with E-state index in [0.29, 0.717) is 41.5 Å². The van der Waals surface area contributed by atoms with Crippen LogP contribution >= 0.6 is 0 Å². The molecule has 0 aromatic heterocycles. The number of ether oxygens (including phenoxy) is 3. The molecule has 9 nitrogen and oxygen atoms in total. The highest BCUT2D eigenvalue weighted by Crippen LogP contribution is 2.42. The maximum Gasteiger partial charge on any atom is 0.295 e. The van der Waals surface area contributed by atoms with Crippen molar-refractivity contribution in [3.05, 3.63) is 59.2 Å². The van der Waals surface area contributed by atoms with Gasteiger partial charge in [-0.15, -0.1) is 0 Å². The Morgan fingerprint density at radius 2 is 1.63 bits per heavy atom. The van der Waals surface area contributed by atoms with Crippen molar-refractivity contribution in [1.82, 2.24) is 15.1 Å². The second-order valence-corrected chi connectivity index (χ2v) is 8.43. The SMILES string of the molecule is COc1ccc(C(O)=C2C(=O)C(=O)N(CCN3CCNCC3)[C@@H]2c2ccc(OC)c(OC)c2)cc1. The summed E-state index contributed by atoms with van der Waals surface area (Å²) in [6, 6.07) is 11.2. The Balaban J connectivity index is 1.77. The maximum absolute atomic E-state index is 13.3. The lowest BCUT2D eigenvalue weighted by molar-refractivity contribution is -0.140. The maximum atomic E-state index is 13.3. The van der Waals surface area contributed by atoms with Crippen molar-refractivity contribution < 1.29 is 28.9 Å². The van der Waals surface area contributed by atoms with Crippen molar-refractivity contribution in [2.24, 2.45) is 0 Å². The van der Waals surface area contributed by atoms with E-state index in [2.05, 4.69) is 10.2 Å². The average molecular weight is 482 g/mol. The van der Waals surface area contributed by atoms with E-state index in [0.717, 1.165) is 26.2 Å². The van der Waals surface area contributed by atoms with Crippen molar-refractivity contribution in [2.45, 2.75) is 6.04 Å². The molecule has 2 N–H and O–H groups in total. The van der Waals surface area contributed by atoms with Gasteiger partial charge < -0.3 is 29.5 Å². The molecule has 2 fully saturated rings. The molecule has 0 saturated carbocycles. The van der Waals surface area contributed by atoms with E-state index < -0.39 is 17.7 Å². The second-order valence-electron chi connectivity index (χ2n) is 8.43. The third-order valence-corrected chi connectivity index (χ3v) is 6.49. The number of ketones is 1. The van der Waals surface area contributed by atoms with E-state index in [1.54, 1.807) is 61.6 Å². The number of aliphatic hydroxyl groups excluding tert-OH is 1. The van der Waals surface area contributed by atoms with E-state index in [1.807, 2.05) is 0 Å². The van der Waals surface area contributed by atoms with Crippen molar-refractivity contribution in [3.63, 3.8) is 0 Å². The highest BCUT2D eigenvalue weighted by molar-refractivity contribution is 6.46. The molecule has 1 amide bonds. The minimum Gasteiger partial charge on any atom is -0.507 e. The van der Waals surface area contributed by atoms with Crippen molar-refractivity contribution in [3.8, 4) is 17.2 Å². The molecule has 0 unspecified atom stereocenters. The number of Topliss-reactive ketones (excluding diaryl/α,β-unsaturated/α-hetero) is 1. The molecule has 0 spiro atoms. The number of rotatable bonds is 8. The van der Waals surface area contributed by atoms with Gasteiger partial charge in [-0.25, -0.2) is 0 Å². The number of hydrogen-bond donors (Lipinski definition) is 2. The van der Waals surface area contributed by atoms with E-state index in [9.17, 15) is 14.7 Å². The molecule has 2 saturated heterocycles. The van der Waals surface area contributed by atoms with Gasteiger partial charge in [0.2, 0.25) is 0 Å². The lowest BCUT2D eigenvalue weighted by Gasteiger charge is -2.31. The molecule has 2 heterocycles. The molecule has 2 aromatic carbocycles. The third-order valence-electron chi connectivity index (χ3n) is 6.49. The van der Waals surface area contributed by atoms with E-state index in [1.165, 1.54) is 7.11 Å². The van der Waals surface area contributed by atoms with Crippen LogP contribution in [-0.4, -0.2) is 87.2 Å². The Morgan fingerprint density at radius 3 is 2.26 bits per heavy atom. The number of aliphatic hydroxyl groups is 1. The molecule has 9 heteroatoms. The van der Waals surface area contributed by atoms with Crippen LogP contribution in [0.2, 0.25) is 0 Å². The van der Waals surface area contributed by atoms with Crippen LogP contribution in [0.1, 0.15) is 17.2 Å². The highest BCUT2D eigenvalue weighted by atomic mass is 16.5. The highest BCUT2D eigenvalue weighted by Gasteiger charge is 2.46. The normalized spacial score (nSPS) is 20.2. The summed E-state index contributed by atoms with van der Waals surface area (Å²) < 4.78 is 16.0. The van der Waals surface area contributed by atoms with Gasteiger partial charge in [0.1, 0.15) is 11.5 Å². The summed E-state index contributed by atoms with van der Waals surface area (Å²) in [4.78, 5) is 30.3. The number of carbonyl (C=O) groups is 2. The zero-order valence-electron chi connectivity index (χ0n) is 20.2. The molecular formula is C26H31N3O6. The number of nitrogens with one attached hydrogen (secondary N) is 1. The second kappa shape index (κ2) is 10.8. The molecule has 2 aliphatic rings. The molecule has 1 atom stereocenters. The number of hydrogen-bond acceptors (Lipinski definition) is 8. The fourth-order valence-electron chi connectivity index (χ4n) is 4.57. The molecule has 0 aliphatic carbocycles. The quantitative estimate of drug-likeness (QED) is 0.336. The Labute approximate surface area is 204 Å². The number of likely N-dealkylation sites (tertiary alicyclic amines) is 1. The first-order chi connectivity index (χ1) is 17.0. The molecule has 4 rings (SSSR count). The van der Waals surface area contributed by atoms with Gasteiger partial charge >= 0.3 is 0 Å². The van der Waals surface area contributed by atoms with Gasteiger partial charge in [0.25, 0.3) is 11.7 Å². The summed E-state index contributed by atoms with van der Waals surface area (Å²) in [6.45, 7) is 4.49. The Morgan fingerprint density at radius 1 is 0.943 bits per heavy atom. The molecule has 0 radical (unpaired) electrons. The van der Waals surface area contributed by atoms with Crippen LogP contribution in [0.4, 0.5) is 0 Å². The van der Waals surface area contributed by atoms with Crippen LogP contribution in [0.15, 0.2) is 48.0 Å². The van der Waals surface area contributed by atoms with Gasteiger partial charge in [-0.05, 0) is 42.0 Å². The van der Waals surface area contributed by atoms with Gasteiger partial charge in [-0.2, -0.15) is 0 Å². The standard InChI is InChI=1S/C26H31N3O6/c1-33-19-7-4-17(5-8-19)24(30)22-23(18-6-9-20(34-2)21(16-18)35-3)29(26(32)25(22)31)15-14-28-12-10-27-11-13-28/h4-9,16,23,27,30H,10-15H2,1-3H3/t23-/m1/s1. The van der Waals surface area contributed by atoms with Crippen LogP contribution in [0.5, 0.6) is 17.2 Å². The summed E-state index contributed by atoms with van der Waals surface area (Å²) in [5.41, 5.74) is 1.13. The summed E-state index contributed by atoms with van der Waals surface area (Å²) in [5.74, 6) is 0.0598. The fraction of sp³-hybridized carbons (Fsp3) is 0.385. The fourth-order valence-corrected chi connectivity index (χ4v) is 4.57. The molecule has 186 valence electrons. The Bertz CT molecular complexity index is 1110. The van der Waals surface area contributed by atoms with E-state index in [4.69, 9.17) is 14.2 Å². The van der Waals surface area contributed by atoms with Gasteiger partial charge in [0.05, 0.1) is 32.9 Å². The monoisotopic (exact) mass is 481 g/mol. The number of benzene rings is 2. The molecule has 2 aromatic rings. The number of nitrogens with zero attached hydrogens (tertiary/aromatic N) is 2. The number of methoxy groups -OCH3 is 3. The molecule has 0 bridgehead atoms. The first-order valence-corrected chi connectivity index (χ1v) is 11.6. The lowest BCUT2D eigenvalue weighted by Crippen LogP contribution is -2.46. The summed E-state index contributed by atoms with van der Waals surface area (Å²) in [5, 5.41) is 14.5. The van der Waals surface area contributed by atoms with Crippen molar-refractivity contribution in [1.29, 1.82) is 0 Å². The summed E-state index contributed by atoms with van der Waals surface area (Å²) in [6.07, 6.45) is 0. The Kier molecular flexibility index (Phi) is 7.57. The van der Waals surface area contributed by atoms with Crippen LogP contribution in [0.3, 0.4) is 0 Å². The zero-order valence-corrected chi connectivity index (χ0v) is 20.2. The van der Waals surface area contributed by atoms with Crippen molar-refractivity contribution >= 4 is 17.4 Å². The van der Waals surface area contributed by atoms with Gasteiger partial charge in [0.15, 0.2) is 11.5 Å². The minimum absolute atomic E-state index is 0.0488. The molecule has 35 heavy (non-hydrogen) atoms. The Hall–Kier alpha value is -3.56. The first kappa shape index (κ1) is 24.6. The van der Waals surface area contributed by atoms with Crippen LogP contribution in [-0.2, 0) is 9.59 Å². The smallest absolute Gasteiger partial charge is 0.295 e. The van der Waals surface area contributed by atoms with Crippen LogP contribution in [0.25, 0.3) is 5.76 Å². The van der Waals surface area contributed by atoms with Crippen LogP contribution in [0, 0.1) is 0 Å². The van der Waals surface area contributed by atoms with E-state index in [-0.39, 0.29) is 11.3 Å². The van der Waals surface area contributed by atoms with Gasteiger partial charge in [-0.3, -0.25) is 14.5 Å². The summed E-state index contributed by atoms with van der Waals surface area (Å²) >= 11 is 0. The summed E-state index contributed by atoms with van der Waals surface area (Å²) in [7, 11) is 4.62.